The first kappa shape index (κ1) is 19.0. The predicted octanol–water partition coefficient (Wildman–Crippen LogP) is 4.15. The van der Waals surface area contributed by atoms with Gasteiger partial charge in [0.2, 0.25) is 5.91 Å². The number of aromatic nitrogens is 1. The molecule has 1 amide bonds. The van der Waals surface area contributed by atoms with Crippen molar-refractivity contribution >= 4 is 5.91 Å². The van der Waals surface area contributed by atoms with Crippen LogP contribution in [-0.2, 0) is 17.6 Å². The third kappa shape index (κ3) is 3.75. The highest BCUT2D eigenvalue weighted by molar-refractivity contribution is 5.78. The zero-order valence-electron chi connectivity index (χ0n) is 17.2. The smallest absolute Gasteiger partial charge is 0.223 e. The minimum atomic E-state index is 0.0800. The number of nitrogens with one attached hydrogen (secondary N) is 1. The lowest BCUT2D eigenvalue weighted by Crippen LogP contribution is -2.48. The number of aryl methyl sites for hydroxylation is 1. The first-order chi connectivity index (χ1) is 14.8. The molecular formula is C26H27N3O. The molecule has 1 saturated heterocycles. The molecule has 1 fully saturated rings. The molecule has 0 bridgehead atoms. The summed E-state index contributed by atoms with van der Waals surface area (Å²) < 4.78 is 0. The monoisotopic (exact) mass is 397 g/mol. The van der Waals surface area contributed by atoms with Crippen LogP contribution in [-0.4, -0.2) is 35.4 Å². The zero-order valence-corrected chi connectivity index (χ0v) is 17.2. The average Bonchev–Trinajstić information content (AvgIpc) is 3.18. The number of fused-ring (bicyclic) bond motifs is 3. The number of amides is 1. The Kier molecular flexibility index (Phi) is 5.33. The Hall–Kier alpha value is -2.98. The number of pyridine rings is 1. The summed E-state index contributed by atoms with van der Waals surface area (Å²) in [6.07, 6.45) is 7.09. The molecule has 30 heavy (non-hydrogen) atoms. The van der Waals surface area contributed by atoms with Crippen LogP contribution in [0.5, 0.6) is 0 Å². The third-order valence-corrected chi connectivity index (χ3v) is 6.35. The van der Waals surface area contributed by atoms with Crippen LogP contribution in [0, 0.1) is 0 Å². The van der Waals surface area contributed by atoms with Crippen LogP contribution in [0.1, 0.15) is 41.1 Å². The number of hydrogen-bond acceptors (Lipinski definition) is 3. The maximum absolute atomic E-state index is 13.0. The number of benzene rings is 2. The second-order valence-corrected chi connectivity index (χ2v) is 8.27. The van der Waals surface area contributed by atoms with Gasteiger partial charge in [0.05, 0.1) is 6.04 Å². The molecule has 2 aromatic carbocycles. The van der Waals surface area contributed by atoms with Crippen molar-refractivity contribution in [2.24, 2.45) is 0 Å². The van der Waals surface area contributed by atoms with E-state index >= 15 is 0 Å². The van der Waals surface area contributed by atoms with Crippen molar-refractivity contribution < 1.29 is 4.79 Å². The van der Waals surface area contributed by atoms with E-state index in [4.69, 9.17) is 0 Å². The van der Waals surface area contributed by atoms with E-state index in [9.17, 15) is 4.79 Å². The molecule has 0 saturated carbocycles. The quantitative estimate of drug-likeness (QED) is 0.550. The lowest BCUT2D eigenvalue weighted by molar-refractivity contribution is -0.134. The summed E-state index contributed by atoms with van der Waals surface area (Å²) in [5, 5.41) is 3.41. The van der Waals surface area contributed by atoms with Crippen LogP contribution in [0.2, 0.25) is 0 Å². The summed E-state index contributed by atoms with van der Waals surface area (Å²) in [7, 11) is 0. The molecule has 1 aliphatic heterocycles. The summed E-state index contributed by atoms with van der Waals surface area (Å²) in [5.74, 6) is 0.247. The molecule has 152 valence electrons. The van der Waals surface area contributed by atoms with Crippen LogP contribution < -0.4 is 5.32 Å². The van der Waals surface area contributed by atoms with E-state index in [2.05, 4.69) is 58.8 Å². The number of carbonyl (C=O) groups excluding carboxylic acids is 1. The van der Waals surface area contributed by atoms with Crippen molar-refractivity contribution in [2.45, 2.75) is 31.7 Å². The number of piperazine rings is 1. The standard InChI is InChI=1S/C26H27N3O/c30-26(29-14-13-28-18-25(29)22-7-4-12-27-17-22)9-3-5-19-10-11-21-16-20-6-1-2-8-23(20)24(21)15-19/h1-2,4,6-8,10-12,15,17,25,28H,3,5,9,13-14,16,18H2. The van der Waals surface area contributed by atoms with Gasteiger partial charge in [-0.15, -0.1) is 0 Å². The van der Waals surface area contributed by atoms with Gasteiger partial charge < -0.3 is 10.2 Å². The van der Waals surface area contributed by atoms with E-state index in [1.807, 2.05) is 17.2 Å². The SMILES string of the molecule is O=C(CCCc1ccc2c(c1)-c1ccccc1C2)N1CCNCC1c1cccnc1. The molecule has 2 heterocycles. The second kappa shape index (κ2) is 8.41. The van der Waals surface area contributed by atoms with Crippen molar-refractivity contribution in [3.63, 3.8) is 0 Å². The van der Waals surface area contributed by atoms with Gasteiger partial charge in [0, 0.05) is 38.4 Å². The molecule has 0 radical (unpaired) electrons. The average molecular weight is 398 g/mol. The molecular weight excluding hydrogens is 370 g/mol. The summed E-state index contributed by atoms with van der Waals surface area (Å²) in [5.41, 5.74) is 7.99. The summed E-state index contributed by atoms with van der Waals surface area (Å²) >= 11 is 0. The van der Waals surface area contributed by atoms with E-state index in [1.54, 1.807) is 6.20 Å². The molecule has 4 heteroatoms. The number of rotatable bonds is 5. The molecule has 1 aromatic heterocycles. The van der Waals surface area contributed by atoms with Gasteiger partial charge in [0.1, 0.15) is 0 Å². The maximum atomic E-state index is 13.0. The number of hydrogen-bond donors (Lipinski definition) is 1. The molecule has 1 atom stereocenters. The highest BCUT2D eigenvalue weighted by Gasteiger charge is 2.27. The fourth-order valence-corrected chi connectivity index (χ4v) is 4.79. The molecule has 1 aliphatic carbocycles. The van der Waals surface area contributed by atoms with E-state index in [-0.39, 0.29) is 11.9 Å². The van der Waals surface area contributed by atoms with Crippen LogP contribution in [0.4, 0.5) is 0 Å². The normalized spacial score (nSPS) is 17.5. The second-order valence-electron chi connectivity index (χ2n) is 8.27. The van der Waals surface area contributed by atoms with Gasteiger partial charge in [-0.2, -0.15) is 0 Å². The van der Waals surface area contributed by atoms with Crippen LogP contribution in [0.3, 0.4) is 0 Å². The number of carbonyl (C=O) groups is 1. The van der Waals surface area contributed by atoms with Crippen molar-refractivity contribution in [3.8, 4) is 11.1 Å². The van der Waals surface area contributed by atoms with Crippen LogP contribution >= 0.6 is 0 Å². The van der Waals surface area contributed by atoms with Gasteiger partial charge in [0.25, 0.3) is 0 Å². The minimum Gasteiger partial charge on any atom is -0.333 e. The summed E-state index contributed by atoms with van der Waals surface area (Å²) in [4.78, 5) is 19.3. The Morgan fingerprint density at radius 1 is 1.07 bits per heavy atom. The first-order valence-corrected chi connectivity index (χ1v) is 10.9. The highest BCUT2D eigenvalue weighted by atomic mass is 16.2. The van der Waals surface area contributed by atoms with E-state index in [0.717, 1.165) is 44.5 Å². The lowest BCUT2D eigenvalue weighted by atomic mass is 9.99. The highest BCUT2D eigenvalue weighted by Crippen LogP contribution is 2.37. The topological polar surface area (TPSA) is 45.2 Å². The van der Waals surface area contributed by atoms with Gasteiger partial charge in [-0.3, -0.25) is 9.78 Å². The van der Waals surface area contributed by atoms with Gasteiger partial charge in [-0.1, -0.05) is 48.5 Å². The lowest BCUT2D eigenvalue weighted by Gasteiger charge is -2.36. The maximum Gasteiger partial charge on any atom is 0.223 e. The Balaban J connectivity index is 1.23. The molecule has 5 rings (SSSR count). The van der Waals surface area contributed by atoms with Gasteiger partial charge in [-0.25, -0.2) is 0 Å². The predicted molar refractivity (Wildman–Crippen MR) is 119 cm³/mol. The van der Waals surface area contributed by atoms with Crippen molar-refractivity contribution in [3.05, 3.63) is 89.2 Å². The number of nitrogens with zero attached hydrogens (tertiary/aromatic N) is 2. The van der Waals surface area contributed by atoms with Crippen molar-refractivity contribution in [1.29, 1.82) is 0 Å². The third-order valence-electron chi connectivity index (χ3n) is 6.35. The van der Waals surface area contributed by atoms with Gasteiger partial charge >= 0.3 is 0 Å². The summed E-state index contributed by atoms with van der Waals surface area (Å²) in [6, 6.07) is 19.6. The minimum absolute atomic E-state index is 0.0800. The molecule has 1 unspecified atom stereocenters. The van der Waals surface area contributed by atoms with E-state index in [1.165, 1.54) is 27.8 Å². The molecule has 3 aromatic rings. The fraction of sp³-hybridized carbons (Fsp3) is 0.308. The Morgan fingerprint density at radius 3 is 2.87 bits per heavy atom. The summed E-state index contributed by atoms with van der Waals surface area (Å²) in [6.45, 7) is 2.41. The van der Waals surface area contributed by atoms with E-state index < -0.39 is 0 Å². The molecule has 0 spiro atoms. The van der Waals surface area contributed by atoms with Crippen LogP contribution in [0.25, 0.3) is 11.1 Å². The zero-order chi connectivity index (χ0) is 20.3. The first-order valence-electron chi connectivity index (χ1n) is 10.9. The Labute approximate surface area is 178 Å². The Bertz CT molecular complexity index is 1050. The molecule has 2 aliphatic rings. The fourth-order valence-electron chi connectivity index (χ4n) is 4.79. The van der Waals surface area contributed by atoms with E-state index in [0.29, 0.717) is 6.42 Å². The van der Waals surface area contributed by atoms with Crippen molar-refractivity contribution in [1.82, 2.24) is 15.2 Å². The molecule has 4 nitrogen and oxygen atoms in total. The van der Waals surface area contributed by atoms with Gasteiger partial charge in [0.15, 0.2) is 0 Å². The van der Waals surface area contributed by atoms with Crippen molar-refractivity contribution in [2.75, 3.05) is 19.6 Å². The largest absolute Gasteiger partial charge is 0.333 e. The van der Waals surface area contributed by atoms with Crippen LogP contribution in [0.15, 0.2) is 67.0 Å². The van der Waals surface area contributed by atoms with Gasteiger partial charge in [-0.05, 0) is 58.7 Å². The molecule has 1 N–H and O–H groups in total. The Morgan fingerprint density at radius 2 is 1.97 bits per heavy atom.